The molecule has 1 unspecified atom stereocenters. The predicted molar refractivity (Wildman–Crippen MR) is 49.6 cm³/mol. The van der Waals surface area contributed by atoms with E-state index in [0.717, 1.165) is 0 Å². The van der Waals surface area contributed by atoms with E-state index in [2.05, 4.69) is 32.1 Å². The molecule has 0 saturated heterocycles. The van der Waals surface area contributed by atoms with Crippen molar-refractivity contribution < 1.29 is 12.3 Å². The van der Waals surface area contributed by atoms with Gasteiger partial charge < -0.3 is 0 Å². The molecule has 11 heavy (non-hydrogen) atoms. The van der Waals surface area contributed by atoms with Crippen LogP contribution in [0.3, 0.4) is 0 Å². The normalized spacial score (nSPS) is 21.3. The summed E-state index contributed by atoms with van der Waals surface area (Å²) in [6, 6.07) is 0. The zero-order chi connectivity index (χ0) is 8.85. The first kappa shape index (κ1) is 11.9. The summed E-state index contributed by atoms with van der Waals surface area (Å²) >= 11 is -1.77. The van der Waals surface area contributed by atoms with Gasteiger partial charge in [-0.15, -0.1) is 0 Å². The van der Waals surface area contributed by atoms with Crippen molar-refractivity contribution in [2.24, 2.45) is 5.92 Å². The zero-order valence-electron chi connectivity index (χ0n) is 6.39. The van der Waals surface area contributed by atoms with Crippen molar-refractivity contribution in [3.8, 4) is 0 Å². The van der Waals surface area contributed by atoms with Crippen molar-refractivity contribution in [1.29, 1.82) is 0 Å². The van der Waals surface area contributed by atoms with Crippen LogP contribution in [0.25, 0.3) is 0 Å². The van der Waals surface area contributed by atoms with Gasteiger partial charge in [-0.05, 0) is 12.8 Å². The van der Waals surface area contributed by atoms with Gasteiger partial charge in [0.05, 0.1) is 0 Å². The van der Waals surface area contributed by atoms with Crippen molar-refractivity contribution >= 4 is 29.5 Å². The Balaban J connectivity index is 0.000000218. The van der Waals surface area contributed by atoms with Crippen LogP contribution in [0.4, 0.5) is 0 Å². The summed E-state index contributed by atoms with van der Waals surface area (Å²) in [6.45, 7) is 4.31. The molecule has 0 amide bonds. The van der Waals surface area contributed by atoms with E-state index in [0.29, 0.717) is 5.92 Å². The SMILES string of the molecule is CC1=CC(C)C=C1.[Cl][V]([Cl])[Cl]. The molecule has 0 aromatic heterocycles. The standard InChI is InChI=1S/C7H10.3ClH.V/c1-6-3-4-7(2)5-6;;;;/h3-6H,1-2H3;3*1H;/q;;;;+3/p-3. The molecule has 1 aliphatic rings. The molecule has 0 radical (unpaired) electrons. The summed E-state index contributed by atoms with van der Waals surface area (Å²) in [6.07, 6.45) is 6.61. The van der Waals surface area contributed by atoms with Crippen LogP contribution in [0.5, 0.6) is 0 Å². The molecule has 0 heterocycles. The van der Waals surface area contributed by atoms with E-state index in [4.69, 9.17) is 29.5 Å². The quantitative estimate of drug-likeness (QED) is 0.605. The molecule has 0 fully saturated rings. The molecule has 0 aliphatic heterocycles. The van der Waals surface area contributed by atoms with Gasteiger partial charge in [0.1, 0.15) is 0 Å². The Hall–Kier alpha value is 0.934. The third-order valence-electron chi connectivity index (χ3n) is 1.19. The van der Waals surface area contributed by atoms with Crippen molar-refractivity contribution in [1.82, 2.24) is 0 Å². The first-order valence-corrected chi connectivity index (χ1v) is 8.93. The molecule has 0 bridgehead atoms. The molecule has 1 atom stereocenters. The summed E-state index contributed by atoms with van der Waals surface area (Å²) < 4.78 is 0. The molecule has 0 aromatic carbocycles. The summed E-state index contributed by atoms with van der Waals surface area (Å²) in [7, 11) is 14.9. The monoisotopic (exact) mass is 250 g/mol. The van der Waals surface area contributed by atoms with Crippen LogP contribution >= 0.6 is 29.5 Å². The summed E-state index contributed by atoms with van der Waals surface area (Å²) in [5.41, 5.74) is 1.40. The van der Waals surface area contributed by atoms with Crippen molar-refractivity contribution in [2.45, 2.75) is 13.8 Å². The second-order valence-corrected chi connectivity index (χ2v) is 9.24. The molecule has 64 valence electrons. The maximum atomic E-state index is 4.95. The summed E-state index contributed by atoms with van der Waals surface area (Å²) in [4.78, 5) is 0. The number of halogens is 3. The number of allylic oxidation sites excluding steroid dienone is 4. The fraction of sp³-hybridized carbons (Fsp3) is 0.429. The maximum absolute atomic E-state index is 4.95. The van der Waals surface area contributed by atoms with E-state index in [1.54, 1.807) is 0 Å². The molecule has 1 rings (SSSR count). The Kier molecular flexibility index (Phi) is 7.00. The topological polar surface area (TPSA) is 0 Å². The van der Waals surface area contributed by atoms with E-state index in [1.165, 1.54) is 5.57 Å². The van der Waals surface area contributed by atoms with Crippen LogP contribution in [-0.2, 0) is 12.3 Å². The van der Waals surface area contributed by atoms with Crippen LogP contribution in [0.15, 0.2) is 23.8 Å². The van der Waals surface area contributed by atoms with Crippen molar-refractivity contribution in [2.75, 3.05) is 0 Å². The molecule has 4 heteroatoms. The summed E-state index contributed by atoms with van der Waals surface area (Å²) in [5, 5.41) is 0. The number of rotatable bonds is 0. The molecular formula is C7H10Cl3V. The molecule has 0 aromatic rings. The average molecular weight is 251 g/mol. The van der Waals surface area contributed by atoms with E-state index >= 15 is 0 Å². The van der Waals surface area contributed by atoms with E-state index in [-0.39, 0.29) is 0 Å². The fourth-order valence-corrected chi connectivity index (χ4v) is 0.829. The third-order valence-corrected chi connectivity index (χ3v) is 1.19. The molecular weight excluding hydrogens is 241 g/mol. The number of hydrogen-bond donors (Lipinski definition) is 0. The second kappa shape index (κ2) is 6.45. The molecule has 0 nitrogen and oxygen atoms in total. The van der Waals surface area contributed by atoms with Crippen LogP contribution in [0, 0.1) is 5.92 Å². The first-order valence-electron chi connectivity index (χ1n) is 3.16. The average Bonchev–Trinajstić information content (AvgIpc) is 2.13. The molecule has 0 saturated carbocycles. The third kappa shape index (κ3) is 8.84. The van der Waals surface area contributed by atoms with Crippen LogP contribution in [-0.4, -0.2) is 0 Å². The second-order valence-electron chi connectivity index (χ2n) is 2.32. The van der Waals surface area contributed by atoms with E-state index < -0.39 is 12.3 Å². The van der Waals surface area contributed by atoms with Gasteiger partial charge in [0.2, 0.25) is 0 Å². The molecule has 1 aliphatic carbocycles. The summed E-state index contributed by atoms with van der Waals surface area (Å²) in [5.74, 6) is 0.681. The van der Waals surface area contributed by atoms with Gasteiger partial charge in [0.15, 0.2) is 0 Å². The van der Waals surface area contributed by atoms with Crippen LogP contribution in [0.1, 0.15) is 13.8 Å². The van der Waals surface area contributed by atoms with Gasteiger partial charge in [0, 0.05) is 0 Å². The van der Waals surface area contributed by atoms with Gasteiger partial charge in [0.25, 0.3) is 0 Å². The predicted octanol–water partition coefficient (Wildman–Crippen LogP) is 4.20. The van der Waals surface area contributed by atoms with E-state index in [9.17, 15) is 0 Å². The number of hydrogen-bond acceptors (Lipinski definition) is 0. The van der Waals surface area contributed by atoms with Gasteiger partial charge in [-0.25, -0.2) is 0 Å². The molecule has 0 spiro atoms. The van der Waals surface area contributed by atoms with Crippen LogP contribution in [0.2, 0.25) is 0 Å². The fourth-order valence-electron chi connectivity index (χ4n) is 0.829. The van der Waals surface area contributed by atoms with Gasteiger partial charge in [-0.2, -0.15) is 0 Å². The Labute approximate surface area is 85.1 Å². The van der Waals surface area contributed by atoms with Gasteiger partial charge in [-0.3, -0.25) is 0 Å². The Bertz CT molecular complexity index is 160. The minimum absolute atomic E-state index is 0.681. The Morgan fingerprint density at radius 1 is 1.36 bits per heavy atom. The molecule has 0 N–H and O–H groups in total. The zero-order valence-corrected chi connectivity index (χ0v) is 10.1. The van der Waals surface area contributed by atoms with E-state index in [1.807, 2.05) is 0 Å². The van der Waals surface area contributed by atoms with Gasteiger partial charge in [-0.1, -0.05) is 30.7 Å². The Morgan fingerprint density at radius 2 is 1.82 bits per heavy atom. The first-order chi connectivity index (χ1) is 5.02. The Morgan fingerprint density at radius 3 is 1.91 bits per heavy atom. The van der Waals surface area contributed by atoms with Crippen LogP contribution < -0.4 is 0 Å². The van der Waals surface area contributed by atoms with Crippen molar-refractivity contribution in [3.63, 3.8) is 0 Å². The minimum atomic E-state index is -1.77. The van der Waals surface area contributed by atoms with Crippen molar-refractivity contribution in [3.05, 3.63) is 23.8 Å². The van der Waals surface area contributed by atoms with Gasteiger partial charge >= 0.3 is 41.8 Å².